The van der Waals surface area contributed by atoms with Crippen molar-refractivity contribution < 1.29 is 9.47 Å². The summed E-state index contributed by atoms with van der Waals surface area (Å²) >= 11 is 5.40. The molecule has 2 aromatic rings. The Morgan fingerprint density at radius 2 is 1.90 bits per heavy atom. The molecule has 1 aromatic heterocycles. The van der Waals surface area contributed by atoms with Gasteiger partial charge in [0, 0.05) is 21.5 Å². The van der Waals surface area contributed by atoms with E-state index in [4.69, 9.17) is 9.47 Å². The van der Waals surface area contributed by atoms with Crippen LogP contribution in [0.4, 0.5) is 5.69 Å². The molecule has 0 saturated heterocycles. The maximum atomic E-state index is 5.67. The van der Waals surface area contributed by atoms with Crippen LogP contribution in [0.15, 0.2) is 34.1 Å². The molecular formula is C16H18BrNO2S. The molecule has 1 aliphatic rings. The van der Waals surface area contributed by atoms with Gasteiger partial charge in [-0.05, 0) is 33.3 Å². The van der Waals surface area contributed by atoms with E-state index in [0.29, 0.717) is 19.1 Å². The molecule has 0 radical (unpaired) electrons. The summed E-state index contributed by atoms with van der Waals surface area (Å²) in [6.45, 7) is 5.66. The number of fused-ring (bicyclic) bond motifs is 1. The number of benzene rings is 1. The molecule has 1 N–H and O–H groups in total. The molecule has 0 spiro atoms. The monoisotopic (exact) mass is 367 g/mol. The number of anilines is 1. The zero-order valence-electron chi connectivity index (χ0n) is 12.1. The summed E-state index contributed by atoms with van der Waals surface area (Å²) in [7, 11) is 0. The van der Waals surface area contributed by atoms with E-state index in [1.165, 1.54) is 4.88 Å². The van der Waals surface area contributed by atoms with Gasteiger partial charge in [0.25, 0.3) is 0 Å². The zero-order valence-corrected chi connectivity index (χ0v) is 14.5. The molecule has 112 valence electrons. The Bertz CT molecular complexity index is 613. The van der Waals surface area contributed by atoms with Gasteiger partial charge in [-0.15, -0.1) is 11.3 Å². The van der Waals surface area contributed by atoms with Gasteiger partial charge >= 0.3 is 0 Å². The molecular weight excluding hydrogens is 350 g/mol. The Balaban J connectivity index is 1.89. The molecule has 0 aliphatic carbocycles. The molecule has 1 atom stereocenters. The summed E-state index contributed by atoms with van der Waals surface area (Å²) in [5, 5.41) is 5.74. The van der Waals surface area contributed by atoms with Crippen molar-refractivity contribution >= 4 is 33.0 Å². The number of halogens is 1. The second-order valence-electron chi connectivity index (χ2n) is 5.36. The maximum Gasteiger partial charge on any atom is 0.163 e. The van der Waals surface area contributed by atoms with Gasteiger partial charge in [0.2, 0.25) is 0 Å². The van der Waals surface area contributed by atoms with Crippen LogP contribution in [0.2, 0.25) is 0 Å². The topological polar surface area (TPSA) is 30.5 Å². The van der Waals surface area contributed by atoms with Crippen LogP contribution >= 0.6 is 27.3 Å². The summed E-state index contributed by atoms with van der Waals surface area (Å²) in [4.78, 5) is 1.34. The van der Waals surface area contributed by atoms with E-state index in [-0.39, 0.29) is 6.04 Å². The van der Waals surface area contributed by atoms with E-state index in [0.717, 1.165) is 21.7 Å². The predicted octanol–water partition coefficient (Wildman–Crippen LogP) is 5.09. The van der Waals surface area contributed by atoms with E-state index in [9.17, 15) is 0 Å². The van der Waals surface area contributed by atoms with Gasteiger partial charge in [0.15, 0.2) is 11.5 Å². The summed E-state index contributed by atoms with van der Waals surface area (Å²) in [5.41, 5.74) is 1.03. The number of rotatable bonds is 4. The smallest absolute Gasteiger partial charge is 0.163 e. The van der Waals surface area contributed by atoms with E-state index in [1.807, 2.05) is 12.1 Å². The van der Waals surface area contributed by atoms with Crippen LogP contribution in [0.3, 0.4) is 0 Å². The van der Waals surface area contributed by atoms with Crippen LogP contribution in [0, 0.1) is 5.92 Å². The van der Waals surface area contributed by atoms with Gasteiger partial charge in [-0.1, -0.05) is 19.9 Å². The first-order valence-electron chi connectivity index (χ1n) is 7.04. The molecule has 21 heavy (non-hydrogen) atoms. The van der Waals surface area contributed by atoms with Crippen LogP contribution in [-0.2, 0) is 0 Å². The van der Waals surface area contributed by atoms with Crippen LogP contribution in [-0.4, -0.2) is 13.2 Å². The van der Waals surface area contributed by atoms with Crippen LogP contribution in [0.5, 0.6) is 11.5 Å². The fraction of sp³-hybridized carbons (Fsp3) is 0.375. The number of ether oxygens (including phenoxy) is 2. The van der Waals surface area contributed by atoms with Gasteiger partial charge in [-0.25, -0.2) is 0 Å². The number of nitrogens with one attached hydrogen (secondary N) is 1. The van der Waals surface area contributed by atoms with Gasteiger partial charge in [0.1, 0.15) is 13.2 Å². The molecule has 1 aliphatic heterocycles. The van der Waals surface area contributed by atoms with Gasteiger partial charge in [0.05, 0.1) is 11.7 Å². The highest BCUT2D eigenvalue weighted by molar-refractivity contribution is 9.10. The standard InChI is InChI=1S/C16H18BrNO2S/c1-10(2)16(15-4-3-7-21-15)18-12-9-14-13(8-11(12)17)19-5-6-20-14/h3-4,7-10,16,18H,5-6H2,1-2H3. The van der Waals surface area contributed by atoms with Crippen molar-refractivity contribution in [3.05, 3.63) is 39.0 Å². The van der Waals surface area contributed by atoms with Crippen LogP contribution in [0.25, 0.3) is 0 Å². The number of hydrogen-bond acceptors (Lipinski definition) is 4. The Morgan fingerprint density at radius 3 is 2.52 bits per heavy atom. The van der Waals surface area contributed by atoms with Crippen molar-refractivity contribution in [3.8, 4) is 11.5 Å². The lowest BCUT2D eigenvalue weighted by Gasteiger charge is -2.25. The molecule has 3 nitrogen and oxygen atoms in total. The fourth-order valence-corrected chi connectivity index (χ4v) is 3.76. The minimum atomic E-state index is 0.281. The van der Waals surface area contributed by atoms with Crippen molar-refractivity contribution in [2.45, 2.75) is 19.9 Å². The SMILES string of the molecule is CC(C)C(Nc1cc2c(cc1Br)OCCO2)c1cccs1. The third kappa shape index (κ3) is 3.19. The third-order valence-corrected chi connectivity index (χ3v) is 5.07. The van der Waals surface area contributed by atoms with Crippen molar-refractivity contribution in [3.63, 3.8) is 0 Å². The summed E-state index contributed by atoms with van der Waals surface area (Å²) < 4.78 is 12.3. The molecule has 2 heterocycles. The van der Waals surface area contributed by atoms with E-state index < -0.39 is 0 Å². The quantitative estimate of drug-likeness (QED) is 0.815. The molecule has 1 unspecified atom stereocenters. The fourth-order valence-electron chi connectivity index (χ4n) is 2.38. The molecule has 0 saturated carbocycles. The van der Waals surface area contributed by atoms with Gasteiger partial charge < -0.3 is 14.8 Å². The zero-order chi connectivity index (χ0) is 14.8. The average Bonchev–Trinajstić information content (AvgIpc) is 2.98. The Hall–Kier alpha value is -1.20. The Morgan fingerprint density at radius 1 is 1.19 bits per heavy atom. The maximum absolute atomic E-state index is 5.67. The summed E-state index contributed by atoms with van der Waals surface area (Å²) in [6.07, 6.45) is 0. The molecule has 0 amide bonds. The molecule has 3 rings (SSSR count). The molecule has 0 fully saturated rings. The van der Waals surface area contributed by atoms with Crippen molar-refractivity contribution in [1.29, 1.82) is 0 Å². The van der Waals surface area contributed by atoms with Gasteiger partial charge in [-0.2, -0.15) is 0 Å². The van der Waals surface area contributed by atoms with E-state index in [1.54, 1.807) is 11.3 Å². The second-order valence-corrected chi connectivity index (χ2v) is 7.19. The summed E-state index contributed by atoms with van der Waals surface area (Å²) in [6, 6.07) is 8.54. The predicted molar refractivity (Wildman–Crippen MR) is 90.7 cm³/mol. The Labute approximate surface area is 137 Å². The first kappa shape index (κ1) is 14.7. The van der Waals surface area contributed by atoms with Crippen molar-refractivity contribution in [2.24, 2.45) is 5.92 Å². The van der Waals surface area contributed by atoms with Crippen LogP contribution < -0.4 is 14.8 Å². The first-order valence-corrected chi connectivity index (χ1v) is 8.71. The number of thiophene rings is 1. The van der Waals surface area contributed by atoms with E-state index >= 15 is 0 Å². The molecule has 1 aromatic carbocycles. The largest absolute Gasteiger partial charge is 0.486 e. The van der Waals surface area contributed by atoms with Crippen molar-refractivity contribution in [1.82, 2.24) is 0 Å². The first-order chi connectivity index (χ1) is 10.1. The highest BCUT2D eigenvalue weighted by Crippen LogP contribution is 2.40. The minimum absolute atomic E-state index is 0.281. The highest BCUT2D eigenvalue weighted by Gasteiger charge is 2.20. The lowest BCUT2D eigenvalue weighted by Crippen LogP contribution is -2.18. The van der Waals surface area contributed by atoms with Gasteiger partial charge in [-0.3, -0.25) is 0 Å². The third-order valence-electron chi connectivity index (χ3n) is 3.46. The Kier molecular flexibility index (Phi) is 4.40. The lowest BCUT2D eigenvalue weighted by atomic mass is 10.0. The van der Waals surface area contributed by atoms with Crippen LogP contribution in [0.1, 0.15) is 24.8 Å². The second kappa shape index (κ2) is 6.28. The van der Waals surface area contributed by atoms with E-state index in [2.05, 4.69) is 52.6 Å². The number of hydrogen-bond donors (Lipinski definition) is 1. The van der Waals surface area contributed by atoms with Crippen molar-refractivity contribution in [2.75, 3.05) is 18.5 Å². The average molecular weight is 368 g/mol. The normalized spacial score (nSPS) is 15.0. The highest BCUT2D eigenvalue weighted by atomic mass is 79.9. The lowest BCUT2D eigenvalue weighted by molar-refractivity contribution is 0.171. The molecule has 0 bridgehead atoms. The minimum Gasteiger partial charge on any atom is -0.486 e. The summed E-state index contributed by atoms with van der Waals surface area (Å²) in [5.74, 6) is 2.10. The molecule has 5 heteroatoms.